The summed E-state index contributed by atoms with van der Waals surface area (Å²) in [5, 5.41) is 19.5. The molecule has 2 rings (SSSR count). The number of aliphatic carboxylic acids is 1. The minimum absolute atomic E-state index is 0.0587. The van der Waals surface area contributed by atoms with E-state index in [0.717, 1.165) is 9.44 Å². The molecule has 2 heterocycles. The molecule has 1 N–H and O–H groups in total. The van der Waals surface area contributed by atoms with Crippen LogP contribution in [0.15, 0.2) is 34.4 Å². The Labute approximate surface area is 106 Å². The van der Waals surface area contributed by atoms with Crippen molar-refractivity contribution < 1.29 is 9.90 Å². The molecule has 0 unspecified atom stereocenters. The van der Waals surface area contributed by atoms with Gasteiger partial charge in [0.05, 0.1) is 10.6 Å². The molecular weight excluding hydrogens is 252 g/mol. The molecule has 0 aromatic carbocycles. The first-order chi connectivity index (χ1) is 8.63. The Morgan fingerprint density at radius 2 is 2.22 bits per heavy atom. The van der Waals surface area contributed by atoms with Crippen molar-refractivity contribution in [3.63, 3.8) is 0 Å². The summed E-state index contributed by atoms with van der Waals surface area (Å²) in [5.41, 5.74) is -0.126. The number of hydrogen-bond donors (Lipinski definition) is 1. The van der Waals surface area contributed by atoms with E-state index in [0.29, 0.717) is 5.69 Å². The highest BCUT2D eigenvalue weighted by molar-refractivity contribution is 7.13. The first kappa shape index (κ1) is 12.1. The van der Waals surface area contributed by atoms with Gasteiger partial charge < -0.3 is 5.11 Å². The van der Waals surface area contributed by atoms with E-state index < -0.39 is 18.1 Å². The Kier molecular flexibility index (Phi) is 3.26. The maximum atomic E-state index is 11.9. The Bertz CT molecular complexity index is 680. The molecule has 0 bridgehead atoms. The van der Waals surface area contributed by atoms with E-state index in [1.807, 2.05) is 11.4 Å². The van der Waals surface area contributed by atoms with Crippen LogP contribution >= 0.6 is 11.3 Å². The van der Waals surface area contributed by atoms with Gasteiger partial charge in [0.25, 0.3) is 5.56 Å². The molecule has 90 valence electrons. The molecule has 0 spiro atoms. The number of carboxylic acids is 1. The minimum atomic E-state index is -1.12. The molecule has 2 aromatic rings. The molecule has 0 fully saturated rings. The Hall–Kier alpha value is -2.39. The molecular formula is C12H8N2O3S. The fourth-order valence-electron chi connectivity index (χ4n) is 1.60. The molecule has 0 aliphatic rings. The van der Waals surface area contributed by atoms with Crippen LogP contribution in [-0.2, 0) is 11.3 Å². The lowest BCUT2D eigenvalue weighted by Crippen LogP contribution is -2.27. The third-order valence-electron chi connectivity index (χ3n) is 2.36. The number of carboxylic acid groups (broad SMARTS) is 1. The molecule has 6 heteroatoms. The first-order valence-electron chi connectivity index (χ1n) is 5.03. The van der Waals surface area contributed by atoms with Crippen LogP contribution in [0.25, 0.3) is 10.6 Å². The van der Waals surface area contributed by atoms with Crippen LogP contribution in [0.4, 0.5) is 0 Å². The van der Waals surface area contributed by atoms with E-state index in [-0.39, 0.29) is 5.56 Å². The van der Waals surface area contributed by atoms with Crippen molar-refractivity contribution in [3.8, 4) is 16.6 Å². The van der Waals surface area contributed by atoms with E-state index in [1.165, 1.54) is 17.4 Å². The molecule has 2 aromatic heterocycles. The van der Waals surface area contributed by atoms with Gasteiger partial charge in [0.2, 0.25) is 0 Å². The molecule has 0 aliphatic carbocycles. The van der Waals surface area contributed by atoms with Crippen molar-refractivity contribution in [2.75, 3.05) is 0 Å². The summed E-state index contributed by atoms with van der Waals surface area (Å²) >= 11 is 1.40. The number of nitrogens with zero attached hydrogens (tertiary/aromatic N) is 2. The zero-order valence-corrected chi connectivity index (χ0v) is 9.98. The monoisotopic (exact) mass is 260 g/mol. The minimum Gasteiger partial charge on any atom is -0.480 e. The van der Waals surface area contributed by atoms with Gasteiger partial charge in [0, 0.05) is 0 Å². The van der Waals surface area contributed by atoms with E-state index in [2.05, 4.69) is 0 Å². The van der Waals surface area contributed by atoms with Gasteiger partial charge in [-0.25, -0.2) is 0 Å². The lowest BCUT2D eigenvalue weighted by atomic mass is 10.2. The van der Waals surface area contributed by atoms with Gasteiger partial charge in [0.15, 0.2) is 0 Å². The predicted molar refractivity (Wildman–Crippen MR) is 66.4 cm³/mol. The molecule has 0 atom stereocenters. The quantitative estimate of drug-likeness (QED) is 0.907. The van der Waals surface area contributed by atoms with Gasteiger partial charge >= 0.3 is 5.97 Å². The van der Waals surface area contributed by atoms with Crippen molar-refractivity contribution >= 4 is 17.3 Å². The highest BCUT2D eigenvalue weighted by Crippen LogP contribution is 2.23. The van der Waals surface area contributed by atoms with E-state index >= 15 is 0 Å². The van der Waals surface area contributed by atoms with Crippen LogP contribution in [0, 0.1) is 11.3 Å². The van der Waals surface area contributed by atoms with Gasteiger partial charge in [-0.15, -0.1) is 11.3 Å². The second-order valence-electron chi connectivity index (χ2n) is 3.51. The molecule has 5 nitrogen and oxygen atoms in total. The number of rotatable bonds is 3. The zero-order valence-electron chi connectivity index (χ0n) is 9.16. The number of carbonyl (C=O) groups is 1. The maximum absolute atomic E-state index is 11.9. The summed E-state index contributed by atoms with van der Waals surface area (Å²) < 4.78 is 1.10. The number of nitriles is 1. The van der Waals surface area contributed by atoms with Crippen molar-refractivity contribution in [1.82, 2.24) is 4.57 Å². The van der Waals surface area contributed by atoms with Crippen LogP contribution in [0.3, 0.4) is 0 Å². The summed E-state index contributed by atoms with van der Waals surface area (Å²) in [4.78, 5) is 23.5. The van der Waals surface area contributed by atoms with Crippen molar-refractivity contribution in [1.29, 1.82) is 5.26 Å². The van der Waals surface area contributed by atoms with Crippen molar-refractivity contribution in [2.24, 2.45) is 0 Å². The molecule has 0 amide bonds. The number of pyridine rings is 1. The van der Waals surface area contributed by atoms with E-state index in [9.17, 15) is 9.59 Å². The third-order valence-corrected chi connectivity index (χ3v) is 3.25. The third kappa shape index (κ3) is 2.17. The summed E-state index contributed by atoms with van der Waals surface area (Å²) in [7, 11) is 0. The van der Waals surface area contributed by atoms with Gasteiger partial charge in [-0.3, -0.25) is 14.2 Å². The van der Waals surface area contributed by atoms with E-state index in [4.69, 9.17) is 10.4 Å². The van der Waals surface area contributed by atoms with Crippen LogP contribution in [0.2, 0.25) is 0 Å². The lowest BCUT2D eigenvalue weighted by Gasteiger charge is -2.09. The molecule has 0 aliphatic heterocycles. The summed E-state index contributed by atoms with van der Waals surface area (Å²) in [6.07, 6.45) is 0. The number of thiophene rings is 1. The largest absolute Gasteiger partial charge is 0.480 e. The van der Waals surface area contributed by atoms with Gasteiger partial charge in [-0.05, 0) is 23.6 Å². The lowest BCUT2D eigenvalue weighted by molar-refractivity contribution is -0.137. The number of aromatic nitrogens is 1. The summed E-state index contributed by atoms with van der Waals surface area (Å²) in [6, 6.07) is 8.37. The molecule has 0 radical (unpaired) electrons. The second kappa shape index (κ2) is 4.85. The maximum Gasteiger partial charge on any atom is 0.323 e. The van der Waals surface area contributed by atoms with E-state index in [1.54, 1.807) is 18.2 Å². The number of hydrogen-bond acceptors (Lipinski definition) is 4. The zero-order chi connectivity index (χ0) is 13.1. The Morgan fingerprint density at radius 3 is 2.78 bits per heavy atom. The first-order valence-corrected chi connectivity index (χ1v) is 5.91. The highest BCUT2D eigenvalue weighted by atomic mass is 32.1. The smallest absolute Gasteiger partial charge is 0.323 e. The van der Waals surface area contributed by atoms with Crippen molar-refractivity contribution in [3.05, 3.63) is 45.6 Å². The average Bonchev–Trinajstić information content (AvgIpc) is 2.84. The van der Waals surface area contributed by atoms with Gasteiger partial charge in [-0.1, -0.05) is 6.07 Å². The fraction of sp³-hybridized carbons (Fsp3) is 0.0833. The Morgan fingerprint density at radius 1 is 1.44 bits per heavy atom. The highest BCUT2D eigenvalue weighted by Gasteiger charge is 2.13. The predicted octanol–water partition coefficient (Wildman–Crippen LogP) is 1.53. The standard InChI is InChI=1S/C12H8N2O3S/c13-6-8-3-4-9(10-2-1-5-18-10)14(12(8)17)7-11(15)16/h1-5H,7H2,(H,15,16). The van der Waals surface area contributed by atoms with Crippen LogP contribution in [0.5, 0.6) is 0 Å². The summed E-state index contributed by atoms with van der Waals surface area (Å²) in [6.45, 7) is -0.457. The normalized spacial score (nSPS) is 9.94. The Balaban J connectivity index is 2.67. The van der Waals surface area contributed by atoms with Crippen LogP contribution in [0.1, 0.15) is 5.56 Å². The molecule has 18 heavy (non-hydrogen) atoms. The summed E-state index contributed by atoms with van der Waals surface area (Å²) in [5.74, 6) is -1.12. The second-order valence-corrected chi connectivity index (χ2v) is 4.45. The van der Waals surface area contributed by atoms with Crippen LogP contribution < -0.4 is 5.56 Å². The molecule has 0 saturated heterocycles. The van der Waals surface area contributed by atoms with Crippen LogP contribution in [-0.4, -0.2) is 15.6 Å². The average molecular weight is 260 g/mol. The van der Waals surface area contributed by atoms with Crippen molar-refractivity contribution in [2.45, 2.75) is 6.54 Å². The van der Waals surface area contributed by atoms with Gasteiger partial charge in [-0.2, -0.15) is 5.26 Å². The SMILES string of the molecule is N#Cc1ccc(-c2cccs2)n(CC(=O)O)c1=O. The fourth-order valence-corrected chi connectivity index (χ4v) is 2.35. The topological polar surface area (TPSA) is 83.1 Å². The van der Waals surface area contributed by atoms with Gasteiger partial charge in [0.1, 0.15) is 18.2 Å². The molecule has 0 saturated carbocycles.